The Labute approximate surface area is 204 Å². The molecule has 2 heterocycles. The Kier molecular flexibility index (Phi) is 5.39. The van der Waals surface area contributed by atoms with Gasteiger partial charge < -0.3 is 19.8 Å². The summed E-state index contributed by atoms with van der Waals surface area (Å²) in [5.41, 5.74) is 5.47. The zero-order valence-electron chi connectivity index (χ0n) is 20.3. The van der Waals surface area contributed by atoms with Crippen LogP contribution in [0.15, 0.2) is 60.7 Å². The van der Waals surface area contributed by atoms with Crippen LogP contribution < -0.4 is 9.64 Å². The second kappa shape index (κ2) is 8.31. The van der Waals surface area contributed by atoms with Crippen LogP contribution in [-0.4, -0.2) is 33.8 Å². The van der Waals surface area contributed by atoms with Crippen LogP contribution >= 0.6 is 0 Å². The Bertz CT molecular complexity index is 1480. The minimum Gasteiger partial charge on any atom is -0.508 e. The number of methoxy groups -OCH3 is 1. The molecule has 3 aromatic carbocycles. The maximum absolute atomic E-state index is 13.6. The molecule has 0 saturated heterocycles. The number of pyridine rings is 1. The standard InChI is InChI=1S/C29H28N2O4/c1-17-13-20-15-22(35-4)7-9-24(20)30-27(17)19-5-10-25-18(14-19)11-12-29(2,3)31(25)28(34)23-8-6-21(32)16-26(23)33/h5-10,13-16,32-33H,11-12H2,1-4H3. The fraction of sp³-hybridized carbons (Fsp3) is 0.241. The second-order valence-electron chi connectivity index (χ2n) is 9.71. The largest absolute Gasteiger partial charge is 0.508 e. The molecule has 1 aliphatic heterocycles. The highest BCUT2D eigenvalue weighted by Gasteiger charge is 2.38. The van der Waals surface area contributed by atoms with Gasteiger partial charge in [-0.2, -0.15) is 0 Å². The molecule has 0 fully saturated rings. The summed E-state index contributed by atoms with van der Waals surface area (Å²) in [4.78, 5) is 20.3. The normalized spacial score (nSPS) is 14.6. The Balaban J connectivity index is 1.58. The van der Waals surface area contributed by atoms with Gasteiger partial charge in [-0.05, 0) is 93.3 Å². The number of benzene rings is 3. The van der Waals surface area contributed by atoms with E-state index >= 15 is 0 Å². The number of amides is 1. The van der Waals surface area contributed by atoms with Crippen LogP contribution in [0.2, 0.25) is 0 Å². The van der Waals surface area contributed by atoms with Gasteiger partial charge in [0.05, 0.1) is 23.9 Å². The van der Waals surface area contributed by atoms with E-state index in [0.29, 0.717) is 0 Å². The second-order valence-corrected chi connectivity index (χ2v) is 9.71. The van der Waals surface area contributed by atoms with Crippen molar-refractivity contribution < 1.29 is 19.7 Å². The van der Waals surface area contributed by atoms with Gasteiger partial charge in [-0.3, -0.25) is 4.79 Å². The van der Waals surface area contributed by atoms with E-state index in [1.54, 1.807) is 12.0 Å². The molecule has 178 valence electrons. The lowest BCUT2D eigenvalue weighted by atomic mass is 9.85. The van der Waals surface area contributed by atoms with Crippen LogP contribution in [0.4, 0.5) is 5.69 Å². The molecular weight excluding hydrogens is 440 g/mol. The predicted octanol–water partition coefficient (Wildman–Crippen LogP) is 6.00. The average molecular weight is 469 g/mol. The molecule has 35 heavy (non-hydrogen) atoms. The molecule has 0 unspecified atom stereocenters. The maximum atomic E-state index is 13.6. The average Bonchev–Trinajstić information content (AvgIpc) is 2.82. The number of aryl methyl sites for hydroxylation is 2. The Morgan fingerprint density at radius 1 is 1.03 bits per heavy atom. The zero-order valence-corrected chi connectivity index (χ0v) is 20.3. The van der Waals surface area contributed by atoms with Crippen LogP contribution in [0.25, 0.3) is 22.2 Å². The van der Waals surface area contributed by atoms with Gasteiger partial charge in [0.1, 0.15) is 17.2 Å². The quantitative estimate of drug-likeness (QED) is 0.385. The molecule has 0 aliphatic carbocycles. The number of hydrogen-bond acceptors (Lipinski definition) is 5. The zero-order chi connectivity index (χ0) is 24.9. The topological polar surface area (TPSA) is 82.9 Å². The minimum atomic E-state index is -0.438. The molecule has 0 spiro atoms. The predicted molar refractivity (Wildman–Crippen MR) is 137 cm³/mol. The van der Waals surface area contributed by atoms with Crippen molar-refractivity contribution in [3.05, 3.63) is 77.4 Å². The maximum Gasteiger partial charge on any atom is 0.262 e. The first kappa shape index (κ1) is 22.7. The van der Waals surface area contributed by atoms with Crippen molar-refractivity contribution in [3.63, 3.8) is 0 Å². The molecule has 6 nitrogen and oxygen atoms in total. The molecule has 1 aliphatic rings. The molecule has 1 aromatic heterocycles. The fourth-order valence-electron chi connectivity index (χ4n) is 4.91. The molecule has 0 bridgehead atoms. The van der Waals surface area contributed by atoms with Crippen LogP contribution in [0.3, 0.4) is 0 Å². The number of carbonyl (C=O) groups is 1. The van der Waals surface area contributed by atoms with E-state index in [-0.39, 0.29) is 23.0 Å². The van der Waals surface area contributed by atoms with Crippen LogP contribution in [0, 0.1) is 6.92 Å². The molecule has 0 saturated carbocycles. The summed E-state index contributed by atoms with van der Waals surface area (Å²) < 4.78 is 5.34. The third-order valence-electron chi connectivity index (χ3n) is 6.83. The molecule has 6 heteroatoms. The van der Waals surface area contributed by atoms with Crippen molar-refractivity contribution >= 4 is 22.5 Å². The molecule has 4 aromatic rings. The number of phenols is 2. The molecule has 0 atom stereocenters. The van der Waals surface area contributed by atoms with Crippen molar-refractivity contribution in [1.82, 2.24) is 4.98 Å². The summed E-state index contributed by atoms with van der Waals surface area (Å²) in [5, 5.41) is 21.0. The summed E-state index contributed by atoms with van der Waals surface area (Å²) >= 11 is 0. The van der Waals surface area contributed by atoms with Gasteiger partial charge in [0, 0.05) is 28.2 Å². The Morgan fingerprint density at radius 3 is 2.57 bits per heavy atom. The molecule has 0 radical (unpaired) electrons. The lowest BCUT2D eigenvalue weighted by molar-refractivity contribution is 0.0953. The van der Waals surface area contributed by atoms with Gasteiger partial charge in [0.15, 0.2) is 0 Å². The number of phenolic OH excluding ortho intramolecular Hbond substituents is 2. The summed E-state index contributed by atoms with van der Waals surface area (Å²) in [6.07, 6.45) is 1.60. The van der Waals surface area contributed by atoms with Crippen molar-refractivity contribution in [2.45, 2.75) is 39.2 Å². The van der Waals surface area contributed by atoms with Crippen LogP contribution in [0.1, 0.15) is 41.8 Å². The number of ether oxygens (including phenoxy) is 1. The van der Waals surface area contributed by atoms with E-state index < -0.39 is 5.54 Å². The number of rotatable bonds is 3. The van der Waals surface area contributed by atoms with Gasteiger partial charge in [-0.25, -0.2) is 4.98 Å². The van der Waals surface area contributed by atoms with E-state index in [1.807, 2.05) is 51.1 Å². The minimum absolute atomic E-state index is 0.0845. The number of hydrogen-bond donors (Lipinski definition) is 2. The number of fused-ring (bicyclic) bond motifs is 2. The van der Waals surface area contributed by atoms with Gasteiger partial charge >= 0.3 is 0 Å². The number of aromatic nitrogens is 1. The van der Waals surface area contributed by atoms with Crippen molar-refractivity contribution in [2.75, 3.05) is 12.0 Å². The van der Waals surface area contributed by atoms with Gasteiger partial charge in [-0.1, -0.05) is 6.07 Å². The van der Waals surface area contributed by atoms with E-state index in [1.165, 1.54) is 18.2 Å². The van der Waals surface area contributed by atoms with Crippen molar-refractivity contribution in [1.29, 1.82) is 0 Å². The number of carbonyl (C=O) groups excluding carboxylic acids is 1. The monoisotopic (exact) mass is 468 g/mol. The molecule has 5 rings (SSSR count). The van der Waals surface area contributed by atoms with Crippen LogP contribution in [0.5, 0.6) is 17.2 Å². The highest BCUT2D eigenvalue weighted by Crippen LogP contribution is 2.41. The highest BCUT2D eigenvalue weighted by molar-refractivity contribution is 6.09. The number of aromatic hydroxyl groups is 2. The highest BCUT2D eigenvalue weighted by atomic mass is 16.5. The van der Waals surface area contributed by atoms with Crippen molar-refractivity contribution in [3.8, 4) is 28.5 Å². The molecule has 2 N–H and O–H groups in total. The van der Waals surface area contributed by atoms with E-state index in [2.05, 4.69) is 12.1 Å². The molecular formula is C29H28N2O4. The van der Waals surface area contributed by atoms with Gasteiger partial charge in [0.2, 0.25) is 0 Å². The molecule has 1 amide bonds. The summed E-state index contributed by atoms with van der Waals surface area (Å²) in [7, 11) is 1.65. The van der Waals surface area contributed by atoms with E-state index in [4.69, 9.17) is 9.72 Å². The lowest BCUT2D eigenvalue weighted by Gasteiger charge is -2.43. The summed E-state index contributed by atoms with van der Waals surface area (Å²) in [6.45, 7) is 6.11. The summed E-state index contributed by atoms with van der Waals surface area (Å²) in [5.74, 6) is 0.184. The Hall–Kier alpha value is -4.06. The first-order valence-corrected chi connectivity index (χ1v) is 11.6. The Morgan fingerprint density at radius 2 is 1.83 bits per heavy atom. The number of nitrogens with zero attached hydrogens (tertiary/aromatic N) is 2. The van der Waals surface area contributed by atoms with Gasteiger partial charge in [-0.15, -0.1) is 0 Å². The third kappa shape index (κ3) is 3.95. The van der Waals surface area contributed by atoms with Crippen molar-refractivity contribution in [2.24, 2.45) is 0 Å². The first-order valence-electron chi connectivity index (χ1n) is 11.6. The first-order chi connectivity index (χ1) is 16.7. The van der Waals surface area contributed by atoms with Crippen LogP contribution in [-0.2, 0) is 6.42 Å². The summed E-state index contributed by atoms with van der Waals surface area (Å²) in [6, 6.07) is 18.1. The SMILES string of the molecule is COc1ccc2nc(-c3ccc4c(c3)CCC(C)(C)N4C(=O)c3ccc(O)cc3O)c(C)cc2c1. The number of anilines is 1. The third-order valence-corrected chi connectivity index (χ3v) is 6.83. The van der Waals surface area contributed by atoms with E-state index in [0.717, 1.165) is 57.6 Å². The van der Waals surface area contributed by atoms with Gasteiger partial charge in [0.25, 0.3) is 5.91 Å². The fourth-order valence-corrected chi connectivity index (χ4v) is 4.91. The smallest absolute Gasteiger partial charge is 0.262 e. The van der Waals surface area contributed by atoms with E-state index in [9.17, 15) is 15.0 Å². The lowest BCUT2D eigenvalue weighted by Crippen LogP contribution is -2.51.